The Morgan fingerprint density at radius 1 is 1.11 bits per heavy atom. The van der Waals surface area contributed by atoms with Crippen molar-refractivity contribution in [3.8, 4) is 5.75 Å². The Kier molecular flexibility index (Phi) is 4.29. The van der Waals surface area contributed by atoms with Gasteiger partial charge in [-0.1, -0.05) is 23.7 Å². The molecule has 0 saturated heterocycles. The fraction of sp³-hybridized carbons (Fsp3) is 0.0769. The average molecular weight is 298 g/mol. The third kappa shape index (κ3) is 3.39. The first-order valence-electron chi connectivity index (χ1n) is 5.52. The quantitative estimate of drug-likeness (QED) is 0.759. The molecule has 2 aromatic rings. The van der Waals surface area contributed by atoms with Crippen LogP contribution in [0.3, 0.4) is 0 Å². The zero-order valence-corrected chi connectivity index (χ0v) is 11.5. The minimum absolute atomic E-state index is 0.0518. The Morgan fingerprint density at radius 2 is 1.79 bits per heavy atom. The number of halogens is 1. The molecule has 0 amide bonds. The number of phenolic OH excluding ortho intramolecular Hbond substituents is 1. The van der Waals surface area contributed by atoms with Crippen LogP contribution >= 0.6 is 11.6 Å². The van der Waals surface area contributed by atoms with E-state index < -0.39 is 10.7 Å². The number of thiol groups is 1. The van der Waals surface area contributed by atoms with Gasteiger partial charge in [-0.2, -0.15) is 0 Å². The number of phenols is 1. The molecule has 4 nitrogen and oxygen atoms in total. The first-order chi connectivity index (χ1) is 9.08. The highest BCUT2D eigenvalue weighted by atomic mass is 35.5. The summed E-state index contributed by atoms with van der Waals surface area (Å²) in [6, 6.07) is 11.5. The molecule has 0 aliphatic rings. The highest BCUT2D eigenvalue weighted by Crippen LogP contribution is 2.27. The van der Waals surface area contributed by atoms with Crippen molar-refractivity contribution in [3.63, 3.8) is 0 Å². The zero-order chi connectivity index (χ0) is 13.8. The van der Waals surface area contributed by atoms with E-state index in [1.54, 1.807) is 30.3 Å². The van der Waals surface area contributed by atoms with Crippen LogP contribution in [0.15, 0.2) is 47.4 Å². The van der Waals surface area contributed by atoms with E-state index in [1.165, 1.54) is 12.1 Å². The van der Waals surface area contributed by atoms with Gasteiger partial charge in [-0.25, -0.2) is 8.42 Å². The zero-order valence-electron chi connectivity index (χ0n) is 9.84. The molecule has 0 aromatic heterocycles. The van der Waals surface area contributed by atoms with Gasteiger partial charge in [0.25, 0.3) is 0 Å². The van der Waals surface area contributed by atoms with Crippen molar-refractivity contribution in [2.24, 2.45) is 0 Å². The summed E-state index contributed by atoms with van der Waals surface area (Å²) in [5.74, 6) is 0.0518. The van der Waals surface area contributed by atoms with E-state index in [0.717, 1.165) is 5.69 Å². The predicted molar refractivity (Wildman–Crippen MR) is 75.5 cm³/mol. The Morgan fingerprint density at radius 3 is 2.42 bits per heavy atom. The van der Waals surface area contributed by atoms with Gasteiger partial charge in [-0.15, -0.1) is 0 Å². The lowest BCUT2D eigenvalue weighted by atomic mass is 10.2. The lowest BCUT2D eigenvalue weighted by Crippen LogP contribution is -1.99. The fourth-order valence-electron chi connectivity index (χ4n) is 1.60. The Hall–Kier alpha value is -1.72. The molecule has 0 unspecified atom stereocenters. The van der Waals surface area contributed by atoms with Crippen molar-refractivity contribution >= 4 is 28.0 Å². The van der Waals surface area contributed by atoms with Crippen LogP contribution in [0, 0.1) is 0 Å². The number of hydrogen-bond donors (Lipinski definition) is 3. The summed E-state index contributed by atoms with van der Waals surface area (Å²) in [6.07, 6.45) is 0. The molecule has 100 valence electrons. The Balaban J connectivity index is 2.08. The number of aromatic hydroxyl groups is 1. The first-order valence-corrected chi connectivity index (χ1v) is 7.08. The topological polar surface area (TPSA) is 66.4 Å². The molecule has 2 rings (SSSR count). The van der Waals surface area contributed by atoms with E-state index in [-0.39, 0.29) is 10.6 Å². The van der Waals surface area contributed by atoms with Crippen LogP contribution in [-0.2, 0) is 17.2 Å². The van der Waals surface area contributed by atoms with Crippen LogP contribution in [0.5, 0.6) is 5.75 Å². The molecule has 0 aliphatic heterocycles. The van der Waals surface area contributed by atoms with Crippen LogP contribution in [0.4, 0.5) is 5.69 Å². The van der Waals surface area contributed by atoms with E-state index >= 15 is 0 Å². The summed E-state index contributed by atoms with van der Waals surface area (Å²) in [5, 5.41) is 13.1. The molecule has 0 fully saturated rings. The molecule has 2 N–H and O–H groups in total. The molecular weight excluding hydrogens is 286 g/mol. The van der Waals surface area contributed by atoms with Gasteiger partial charge < -0.3 is 10.4 Å². The minimum Gasteiger partial charge on any atom is -0.506 e. The van der Waals surface area contributed by atoms with Crippen molar-refractivity contribution in [1.82, 2.24) is 0 Å². The maximum Gasteiger partial charge on any atom is 0.168 e. The SMILES string of the molecule is O=[SH](=O)c1ccc(NCc2cccc(Cl)c2O)cc1. The van der Waals surface area contributed by atoms with Gasteiger partial charge in [-0.3, -0.25) is 0 Å². The second-order valence-electron chi connectivity index (χ2n) is 3.91. The van der Waals surface area contributed by atoms with Gasteiger partial charge in [0.15, 0.2) is 10.7 Å². The second-order valence-corrected chi connectivity index (χ2v) is 5.34. The second kappa shape index (κ2) is 5.95. The minimum atomic E-state index is -2.56. The maximum atomic E-state index is 10.7. The first kappa shape index (κ1) is 13.7. The highest BCUT2D eigenvalue weighted by Gasteiger charge is 2.04. The Bertz CT molecular complexity index is 645. The third-order valence-electron chi connectivity index (χ3n) is 2.63. The molecule has 0 atom stereocenters. The lowest BCUT2D eigenvalue weighted by Gasteiger charge is -2.09. The molecule has 0 aliphatic carbocycles. The molecule has 0 bridgehead atoms. The van der Waals surface area contributed by atoms with Crippen LogP contribution in [0.1, 0.15) is 5.56 Å². The average Bonchev–Trinajstić information content (AvgIpc) is 2.41. The number of para-hydroxylation sites is 1. The molecular formula is C13H12ClNO3S. The standard InChI is InChI=1S/C13H12ClNO3S/c14-12-3-1-2-9(13(12)16)8-15-10-4-6-11(7-5-10)19(17)18/h1-7,15-16,19H,8H2. The van der Waals surface area contributed by atoms with Gasteiger partial charge in [0.1, 0.15) is 5.75 Å². The number of hydrogen-bond acceptors (Lipinski definition) is 4. The van der Waals surface area contributed by atoms with Crippen molar-refractivity contribution in [2.75, 3.05) is 5.32 Å². The third-order valence-corrected chi connectivity index (χ3v) is 3.66. The number of nitrogens with one attached hydrogen (secondary N) is 1. The lowest BCUT2D eigenvalue weighted by molar-refractivity contribution is 0.469. The summed E-state index contributed by atoms with van der Waals surface area (Å²) >= 11 is 5.81. The summed E-state index contributed by atoms with van der Waals surface area (Å²) < 4.78 is 21.5. The smallest absolute Gasteiger partial charge is 0.168 e. The van der Waals surface area contributed by atoms with Crippen molar-refractivity contribution in [3.05, 3.63) is 53.1 Å². The summed E-state index contributed by atoms with van der Waals surface area (Å²) in [7, 11) is -2.56. The van der Waals surface area contributed by atoms with E-state index in [0.29, 0.717) is 17.1 Å². The molecule has 6 heteroatoms. The van der Waals surface area contributed by atoms with Crippen LogP contribution < -0.4 is 5.32 Å². The predicted octanol–water partition coefficient (Wildman–Crippen LogP) is 2.63. The summed E-state index contributed by atoms with van der Waals surface area (Å²) in [6.45, 7) is 0.398. The largest absolute Gasteiger partial charge is 0.506 e. The van der Waals surface area contributed by atoms with Gasteiger partial charge in [0.2, 0.25) is 0 Å². The van der Waals surface area contributed by atoms with E-state index in [4.69, 9.17) is 11.6 Å². The Labute approximate surface area is 117 Å². The van der Waals surface area contributed by atoms with E-state index in [2.05, 4.69) is 5.32 Å². The summed E-state index contributed by atoms with van der Waals surface area (Å²) in [5.41, 5.74) is 1.44. The molecule has 19 heavy (non-hydrogen) atoms. The molecule has 0 saturated carbocycles. The van der Waals surface area contributed by atoms with Gasteiger partial charge in [-0.05, 0) is 30.3 Å². The molecule has 0 heterocycles. The normalized spacial score (nSPS) is 10.6. The number of anilines is 1. The van der Waals surface area contributed by atoms with Crippen molar-refractivity contribution in [1.29, 1.82) is 0 Å². The van der Waals surface area contributed by atoms with Crippen LogP contribution in [0.25, 0.3) is 0 Å². The van der Waals surface area contributed by atoms with E-state index in [9.17, 15) is 13.5 Å². The van der Waals surface area contributed by atoms with Crippen molar-refractivity contribution < 1.29 is 13.5 Å². The van der Waals surface area contributed by atoms with Gasteiger partial charge in [0.05, 0.1) is 9.92 Å². The van der Waals surface area contributed by atoms with Gasteiger partial charge in [0, 0.05) is 17.8 Å². The molecule has 2 aromatic carbocycles. The summed E-state index contributed by atoms with van der Waals surface area (Å²) in [4.78, 5) is 0.270. The van der Waals surface area contributed by atoms with Crippen LogP contribution in [0.2, 0.25) is 5.02 Å². The molecule has 0 spiro atoms. The van der Waals surface area contributed by atoms with Crippen LogP contribution in [-0.4, -0.2) is 13.5 Å². The highest BCUT2D eigenvalue weighted by molar-refractivity contribution is 7.72. The monoisotopic (exact) mass is 297 g/mol. The fourth-order valence-corrected chi connectivity index (χ4v) is 2.19. The number of benzene rings is 2. The van der Waals surface area contributed by atoms with E-state index in [1.807, 2.05) is 0 Å². The van der Waals surface area contributed by atoms with Crippen molar-refractivity contribution in [2.45, 2.75) is 11.4 Å². The molecule has 0 radical (unpaired) electrons. The maximum absolute atomic E-state index is 10.7. The number of rotatable bonds is 4. The van der Waals surface area contributed by atoms with Gasteiger partial charge >= 0.3 is 0 Å².